The predicted octanol–water partition coefficient (Wildman–Crippen LogP) is 3.17. The van der Waals surface area contributed by atoms with Crippen molar-refractivity contribution in [2.24, 2.45) is 0 Å². The lowest BCUT2D eigenvalue weighted by Crippen LogP contribution is -2.07. The van der Waals surface area contributed by atoms with Crippen molar-refractivity contribution in [3.8, 4) is 11.8 Å². The van der Waals surface area contributed by atoms with Crippen molar-refractivity contribution in [2.45, 2.75) is 27.2 Å². The lowest BCUT2D eigenvalue weighted by Gasteiger charge is -2.10. The molecule has 0 saturated heterocycles. The summed E-state index contributed by atoms with van der Waals surface area (Å²) in [4.78, 5) is 11.7. The number of benzene rings is 1. The van der Waals surface area contributed by atoms with Crippen LogP contribution in [0.25, 0.3) is 6.08 Å². The van der Waals surface area contributed by atoms with Gasteiger partial charge in [-0.2, -0.15) is 5.26 Å². The fraction of sp³-hybridized carbons (Fsp3) is 0.375. The van der Waals surface area contributed by atoms with Gasteiger partial charge in [0.15, 0.2) is 0 Å². The first-order chi connectivity index (χ1) is 9.54. The van der Waals surface area contributed by atoms with E-state index < -0.39 is 5.97 Å². The van der Waals surface area contributed by atoms with Crippen molar-refractivity contribution < 1.29 is 14.3 Å². The Labute approximate surface area is 119 Å². The molecule has 1 aromatic carbocycles. The van der Waals surface area contributed by atoms with Crippen LogP contribution in [0.5, 0.6) is 5.75 Å². The van der Waals surface area contributed by atoms with Gasteiger partial charge in [0.1, 0.15) is 17.4 Å². The first kappa shape index (κ1) is 15.8. The fourth-order valence-electron chi connectivity index (χ4n) is 1.76. The zero-order chi connectivity index (χ0) is 15.1. The maximum atomic E-state index is 11.7. The Morgan fingerprint density at radius 3 is 2.60 bits per heavy atom. The molecule has 4 nitrogen and oxygen atoms in total. The van der Waals surface area contributed by atoms with Crippen LogP contribution in [-0.2, 0) is 9.53 Å². The van der Waals surface area contributed by atoms with Crippen LogP contribution >= 0.6 is 0 Å². The second-order valence-corrected chi connectivity index (χ2v) is 4.41. The molecule has 0 saturated carbocycles. The number of nitrogens with zero attached hydrogens (tertiary/aromatic N) is 1. The normalized spacial score (nSPS) is 10.8. The van der Waals surface area contributed by atoms with E-state index in [-0.39, 0.29) is 5.57 Å². The summed E-state index contributed by atoms with van der Waals surface area (Å²) in [5, 5.41) is 9.07. The molecule has 0 fully saturated rings. The third-order valence-corrected chi connectivity index (χ3v) is 3.08. The van der Waals surface area contributed by atoms with Gasteiger partial charge in [0.05, 0.1) is 13.7 Å². The molecule has 106 valence electrons. The summed E-state index contributed by atoms with van der Waals surface area (Å²) < 4.78 is 10.2. The molecule has 0 heterocycles. The number of rotatable bonds is 5. The van der Waals surface area contributed by atoms with Crippen LogP contribution in [0.1, 0.15) is 30.0 Å². The lowest BCUT2D eigenvalue weighted by atomic mass is 10.0. The Balaban J connectivity index is 3.11. The van der Waals surface area contributed by atoms with Crippen LogP contribution < -0.4 is 4.74 Å². The zero-order valence-electron chi connectivity index (χ0n) is 12.3. The summed E-state index contributed by atoms with van der Waals surface area (Å²) in [6.07, 6.45) is 2.28. The maximum absolute atomic E-state index is 11.7. The third-order valence-electron chi connectivity index (χ3n) is 3.08. The van der Waals surface area contributed by atoms with E-state index in [0.717, 1.165) is 28.9 Å². The fourth-order valence-corrected chi connectivity index (χ4v) is 1.76. The second kappa shape index (κ2) is 7.34. The number of carbonyl (C=O) groups is 1. The van der Waals surface area contributed by atoms with Gasteiger partial charge in [-0.1, -0.05) is 13.0 Å². The van der Waals surface area contributed by atoms with Gasteiger partial charge in [0.25, 0.3) is 0 Å². The SMILES string of the molecule is CCCOC(=O)C(C#N)=Cc1ccc(OC)c(C)c1C. The molecule has 0 aliphatic carbocycles. The van der Waals surface area contributed by atoms with E-state index in [1.54, 1.807) is 13.2 Å². The van der Waals surface area contributed by atoms with Gasteiger partial charge in [-0.3, -0.25) is 0 Å². The summed E-state index contributed by atoms with van der Waals surface area (Å²) >= 11 is 0. The highest BCUT2D eigenvalue weighted by molar-refractivity contribution is 5.98. The largest absolute Gasteiger partial charge is 0.496 e. The standard InChI is InChI=1S/C16H19NO3/c1-5-8-20-16(18)14(10-17)9-13-6-7-15(19-4)12(3)11(13)2/h6-7,9H,5,8H2,1-4H3. The number of ether oxygens (including phenoxy) is 2. The van der Waals surface area contributed by atoms with E-state index in [1.165, 1.54) is 0 Å². The molecule has 0 N–H and O–H groups in total. The van der Waals surface area contributed by atoms with Crippen molar-refractivity contribution in [2.75, 3.05) is 13.7 Å². The van der Waals surface area contributed by atoms with Crippen LogP contribution in [0.3, 0.4) is 0 Å². The highest BCUT2D eigenvalue weighted by Gasteiger charge is 2.12. The summed E-state index contributed by atoms with van der Waals surface area (Å²) in [5.41, 5.74) is 2.78. The Morgan fingerprint density at radius 1 is 1.35 bits per heavy atom. The number of esters is 1. The number of hydrogen-bond donors (Lipinski definition) is 0. The highest BCUT2D eigenvalue weighted by Crippen LogP contribution is 2.25. The molecule has 0 aliphatic heterocycles. The quantitative estimate of drug-likeness (QED) is 0.469. The summed E-state index contributed by atoms with van der Waals surface area (Å²) in [6, 6.07) is 5.53. The van der Waals surface area contributed by atoms with Crippen LogP contribution in [0, 0.1) is 25.2 Å². The van der Waals surface area contributed by atoms with Crippen molar-refractivity contribution in [1.82, 2.24) is 0 Å². The Morgan fingerprint density at radius 2 is 2.05 bits per heavy atom. The molecular formula is C16H19NO3. The van der Waals surface area contributed by atoms with E-state index in [1.807, 2.05) is 39.0 Å². The third kappa shape index (κ3) is 3.61. The van der Waals surface area contributed by atoms with Gasteiger partial charge in [0.2, 0.25) is 0 Å². The molecule has 1 rings (SSSR count). The minimum atomic E-state index is -0.581. The molecule has 0 amide bonds. The average Bonchev–Trinajstić information content (AvgIpc) is 2.46. The first-order valence-electron chi connectivity index (χ1n) is 6.48. The Kier molecular flexibility index (Phi) is 5.79. The minimum Gasteiger partial charge on any atom is -0.496 e. The van der Waals surface area contributed by atoms with Crippen LogP contribution in [-0.4, -0.2) is 19.7 Å². The van der Waals surface area contributed by atoms with Gasteiger partial charge in [0, 0.05) is 0 Å². The van der Waals surface area contributed by atoms with E-state index in [9.17, 15) is 4.79 Å². The summed E-state index contributed by atoms with van der Waals surface area (Å²) in [5.74, 6) is 0.203. The molecule has 0 atom stereocenters. The molecule has 4 heteroatoms. The molecular weight excluding hydrogens is 254 g/mol. The molecule has 0 aromatic heterocycles. The van der Waals surface area contributed by atoms with E-state index >= 15 is 0 Å². The van der Waals surface area contributed by atoms with Gasteiger partial charge < -0.3 is 9.47 Å². The highest BCUT2D eigenvalue weighted by atomic mass is 16.5. The zero-order valence-corrected chi connectivity index (χ0v) is 12.3. The molecule has 1 aromatic rings. The Bertz CT molecular complexity index is 568. The average molecular weight is 273 g/mol. The molecule has 0 bridgehead atoms. The molecule has 0 aliphatic rings. The van der Waals surface area contributed by atoms with Gasteiger partial charge in [-0.15, -0.1) is 0 Å². The van der Waals surface area contributed by atoms with Crippen molar-refractivity contribution in [1.29, 1.82) is 5.26 Å². The number of hydrogen-bond acceptors (Lipinski definition) is 4. The molecule has 0 unspecified atom stereocenters. The molecule has 0 radical (unpaired) electrons. The van der Waals surface area contributed by atoms with Gasteiger partial charge in [-0.05, 0) is 49.1 Å². The topological polar surface area (TPSA) is 59.3 Å². The van der Waals surface area contributed by atoms with Crippen molar-refractivity contribution in [3.05, 3.63) is 34.4 Å². The van der Waals surface area contributed by atoms with Crippen LogP contribution in [0.2, 0.25) is 0 Å². The molecule has 20 heavy (non-hydrogen) atoms. The minimum absolute atomic E-state index is 0.00566. The van der Waals surface area contributed by atoms with E-state index in [0.29, 0.717) is 6.61 Å². The number of carbonyl (C=O) groups excluding carboxylic acids is 1. The van der Waals surface area contributed by atoms with E-state index in [4.69, 9.17) is 14.7 Å². The van der Waals surface area contributed by atoms with Crippen molar-refractivity contribution >= 4 is 12.0 Å². The monoisotopic (exact) mass is 273 g/mol. The Hall–Kier alpha value is -2.28. The maximum Gasteiger partial charge on any atom is 0.348 e. The summed E-state index contributed by atoms with van der Waals surface area (Å²) in [7, 11) is 1.61. The van der Waals surface area contributed by atoms with Crippen LogP contribution in [0.4, 0.5) is 0 Å². The van der Waals surface area contributed by atoms with Crippen molar-refractivity contribution in [3.63, 3.8) is 0 Å². The van der Waals surface area contributed by atoms with E-state index in [2.05, 4.69) is 0 Å². The van der Waals surface area contributed by atoms with Gasteiger partial charge in [-0.25, -0.2) is 4.79 Å². The smallest absolute Gasteiger partial charge is 0.348 e. The second-order valence-electron chi connectivity index (χ2n) is 4.41. The van der Waals surface area contributed by atoms with Crippen LogP contribution in [0.15, 0.2) is 17.7 Å². The first-order valence-corrected chi connectivity index (χ1v) is 6.48. The summed E-state index contributed by atoms with van der Waals surface area (Å²) in [6.45, 7) is 6.08. The molecule has 0 spiro atoms. The lowest BCUT2D eigenvalue weighted by molar-refractivity contribution is -0.138. The number of methoxy groups -OCH3 is 1. The van der Waals surface area contributed by atoms with Gasteiger partial charge >= 0.3 is 5.97 Å². The number of nitriles is 1. The predicted molar refractivity (Wildman–Crippen MR) is 77.3 cm³/mol.